The third-order valence-electron chi connectivity index (χ3n) is 4.66. The van der Waals surface area contributed by atoms with E-state index < -0.39 is 0 Å². The van der Waals surface area contributed by atoms with Gasteiger partial charge in [-0.15, -0.1) is 0 Å². The molecule has 0 aromatic heterocycles. The lowest BCUT2D eigenvalue weighted by molar-refractivity contribution is -0.135. The molecule has 7 heteroatoms. The van der Waals surface area contributed by atoms with E-state index in [4.69, 9.17) is 9.47 Å². The molecule has 142 valence electrons. The lowest BCUT2D eigenvalue weighted by atomic mass is 10.2. The Labute approximate surface area is 154 Å². The molecule has 7 nitrogen and oxygen atoms in total. The molecule has 3 amide bonds. The van der Waals surface area contributed by atoms with Crippen molar-refractivity contribution in [2.75, 3.05) is 37.7 Å². The van der Waals surface area contributed by atoms with Gasteiger partial charge in [0.1, 0.15) is 19.8 Å². The van der Waals surface area contributed by atoms with E-state index in [-0.39, 0.29) is 30.6 Å². The third kappa shape index (κ3) is 3.57. The van der Waals surface area contributed by atoms with E-state index in [9.17, 15) is 9.59 Å². The first kappa shape index (κ1) is 18.4. The average molecular weight is 361 g/mol. The molecular weight excluding hydrogens is 334 g/mol. The molecule has 2 aliphatic heterocycles. The zero-order chi connectivity index (χ0) is 18.8. The summed E-state index contributed by atoms with van der Waals surface area (Å²) in [5.41, 5.74) is 0.763. The Morgan fingerprint density at radius 1 is 1.08 bits per heavy atom. The van der Waals surface area contributed by atoms with Gasteiger partial charge in [0.05, 0.1) is 0 Å². The molecule has 1 fully saturated rings. The van der Waals surface area contributed by atoms with Crippen LogP contribution in [-0.2, 0) is 4.79 Å². The Morgan fingerprint density at radius 2 is 1.73 bits per heavy atom. The summed E-state index contributed by atoms with van der Waals surface area (Å²) >= 11 is 0. The van der Waals surface area contributed by atoms with Crippen LogP contribution in [0.1, 0.15) is 27.7 Å². The van der Waals surface area contributed by atoms with Gasteiger partial charge in [0.2, 0.25) is 5.91 Å². The number of anilines is 1. The molecule has 0 N–H and O–H groups in total. The van der Waals surface area contributed by atoms with Crippen LogP contribution < -0.4 is 14.4 Å². The van der Waals surface area contributed by atoms with Crippen LogP contribution in [0.4, 0.5) is 10.5 Å². The zero-order valence-corrected chi connectivity index (χ0v) is 15.9. The van der Waals surface area contributed by atoms with Crippen LogP contribution in [0.5, 0.6) is 11.5 Å². The molecule has 0 radical (unpaired) electrons. The maximum Gasteiger partial charge on any atom is 0.325 e. The third-order valence-corrected chi connectivity index (χ3v) is 4.66. The molecule has 0 bridgehead atoms. The highest BCUT2D eigenvalue weighted by Crippen LogP contribution is 2.35. The second-order valence-corrected chi connectivity index (χ2v) is 7.17. The minimum atomic E-state index is -0.150. The Balaban J connectivity index is 1.69. The molecular formula is C19H27N3O4. The normalized spacial score (nSPS) is 16.6. The average Bonchev–Trinajstić information content (AvgIpc) is 2.94. The minimum Gasteiger partial charge on any atom is -0.486 e. The van der Waals surface area contributed by atoms with E-state index in [0.29, 0.717) is 37.8 Å². The van der Waals surface area contributed by atoms with E-state index >= 15 is 0 Å². The second-order valence-electron chi connectivity index (χ2n) is 7.17. The maximum atomic E-state index is 12.8. The number of amides is 3. The maximum absolute atomic E-state index is 12.8. The number of fused-ring (bicyclic) bond motifs is 1. The molecule has 1 aromatic carbocycles. The quantitative estimate of drug-likeness (QED) is 0.808. The summed E-state index contributed by atoms with van der Waals surface area (Å²) in [6.45, 7) is 10.2. The van der Waals surface area contributed by atoms with Crippen molar-refractivity contribution in [3.05, 3.63) is 18.2 Å². The first-order chi connectivity index (χ1) is 12.4. The topological polar surface area (TPSA) is 62.3 Å². The largest absolute Gasteiger partial charge is 0.486 e. The molecule has 3 rings (SSSR count). The van der Waals surface area contributed by atoms with E-state index in [1.807, 2.05) is 50.8 Å². The van der Waals surface area contributed by atoms with Crippen molar-refractivity contribution in [3.8, 4) is 11.5 Å². The summed E-state index contributed by atoms with van der Waals surface area (Å²) < 4.78 is 11.1. The number of ether oxygens (including phenoxy) is 2. The summed E-state index contributed by atoms with van der Waals surface area (Å²) in [6, 6.07) is 5.56. The van der Waals surface area contributed by atoms with Crippen molar-refractivity contribution in [2.45, 2.75) is 39.8 Å². The lowest BCUT2D eigenvalue weighted by Crippen LogP contribution is -2.48. The van der Waals surface area contributed by atoms with Gasteiger partial charge in [0, 0.05) is 36.9 Å². The Kier molecular flexibility index (Phi) is 5.25. The fourth-order valence-corrected chi connectivity index (χ4v) is 3.59. The molecule has 0 spiro atoms. The van der Waals surface area contributed by atoms with Crippen LogP contribution in [0.25, 0.3) is 0 Å². The van der Waals surface area contributed by atoms with Gasteiger partial charge >= 0.3 is 6.03 Å². The van der Waals surface area contributed by atoms with E-state index in [2.05, 4.69) is 0 Å². The van der Waals surface area contributed by atoms with Crippen LogP contribution in [0.2, 0.25) is 0 Å². The molecule has 0 aliphatic carbocycles. The standard InChI is InChI=1S/C19H27N3O4/c1-13(2)22(14(3)4)18(23)12-20-7-8-21(19(20)24)15-5-6-16-17(11-15)26-10-9-25-16/h5-6,11,13-14H,7-10,12H2,1-4H3. The molecule has 0 saturated carbocycles. The number of nitrogens with zero attached hydrogens (tertiary/aromatic N) is 3. The van der Waals surface area contributed by atoms with Gasteiger partial charge < -0.3 is 19.3 Å². The van der Waals surface area contributed by atoms with Crippen LogP contribution in [-0.4, -0.2) is 66.7 Å². The Hall–Kier alpha value is -2.44. The molecule has 2 aliphatic rings. The molecule has 26 heavy (non-hydrogen) atoms. The van der Waals surface area contributed by atoms with Crippen molar-refractivity contribution in [1.29, 1.82) is 0 Å². The van der Waals surface area contributed by atoms with Gasteiger partial charge in [0.15, 0.2) is 11.5 Å². The number of hydrogen-bond donors (Lipinski definition) is 0. The summed E-state index contributed by atoms with van der Waals surface area (Å²) in [5, 5.41) is 0. The molecule has 1 saturated heterocycles. The van der Waals surface area contributed by atoms with E-state index in [1.54, 1.807) is 9.80 Å². The number of rotatable bonds is 5. The number of benzene rings is 1. The van der Waals surface area contributed by atoms with Crippen molar-refractivity contribution >= 4 is 17.6 Å². The Morgan fingerprint density at radius 3 is 2.38 bits per heavy atom. The lowest BCUT2D eigenvalue weighted by Gasteiger charge is -2.32. The fraction of sp³-hybridized carbons (Fsp3) is 0.579. The van der Waals surface area contributed by atoms with Gasteiger partial charge in [-0.25, -0.2) is 4.79 Å². The van der Waals surface area contributed by atoms with Crippen molar-refractivity contribution < 1.29 is 19.1 Å². The van der Waals surface area contributed by atoms with Crippen LogP contribution in [0, 0.1) is 0 Å². The number of carbonyl (C=O) groups excluding carboxylic acids is 2. The summed E-state index contributed by atoms with van der Waals surface area (Å²) in [4.78, 5) is 30.5. The second kappa shape index (κ2) is 7.43. The highest BCUT2D eigenvalue weighted by atomic mass is 16.6. The number of carbonyl (C=O) groups is 2. The van der Waals surface area contributed by atoms with Crippen molar-refractivity contribution in [1.82, 2.24) is 9.80 Å². The number of hydrogen-bond acceptors (Lipinski definition) is 4. The minimum absolute atomic E-state index is 0.0209. The van der Waals surface area contributed by atoms with Crippen molar-refractivity contribution in [2.24, 2.45) is 0 Å². The highest BCUT2D eigenvalue weighted by molar-refractivity contribution is 5.96. The number of urea groups is 1. The van der Waals surface area contributed by atoms with Crippen molar-refractivity contribution in [3.63, 3.8) is 0 Å². The van der Waals surface area contributed by atoms with Crippen LogP contribution >= 0.6 is 0 Å². The molecule has 1 aromatic rings. The highest BCUT2D eigenvalue weighted by Gasteiger charge is 2.33. The van der Waals surface area contributed by atoms with E-state index in [1.165, 1.54) is 0 Å². The summed E-state index contributed by atoms with van der Waals surface area (Å²) in [6.07, 6.45) is 0. The van der Waals surface area contributed by atoms with Gasteiger partial charge in [-0.05, 0) is 39.8 Å². The first-order valence-corrected chi connectivity index (χ1v) is 9.15. The van der Waals surface area contributed by atoms with Crippen LogP contribution in [0.3, 0.4) is 0 Å². The van der Waals surface area contributed by atoms with E-state index in [0.717, 1.165) is 5.69 Å². The summed E-state index contributed by atoms with van der Waals surface area (Å²) in [7, 11) is 0. The predicted molar refractivity (Wildman–Crippen MR) is 98.9 cm³/mol. The summed E-state index contributed by atoms with van der Waals surface area (Å²) in [5.74, 6) is 1.33. The smallest absolute Gasteiger partial charge is 0.325 e. The van der Waals surface area contributed by atoms with Gasteiger partial charge in [-0.3, -0.25) is 9.69 Å². The van der Waals surface area contributed by atoms with Gasteiger partial charge in [-0.1, -0.05) is 0 Å². The zero-order valence-electron chi connectivity index (χ0n) is 15.9. The predicted octanol–water partition coefficient (Wildman–Crippen LogP) is 2.35. The molecule has 0 unspecified atom stereocenters. The Bertz CT molecular complexity index is 681. The monoisotopic (exact) mass is 361 g/mol. The molecule has 2 heterocycles. The fourth-order valence-electron chi connectivity index (χ4n) is 3.59. The van der Waals surface area contributed by atoms with Gasteiger partial charge in [-0.2, -0.15) is 0 Å². The van der Waals surface area contributed by atoms with Gasteiger partial charge in [0.25, 0.3) is 0 Å². The molecule has 0 atom stereocenters. The SMILES string of the molecule is CC(C)N(C(=O)CN1CCN(c2ccc3c(c2)OCCO3)C1=O)C(C)C. The van der Waals surface area contributed by atoms with Crippen LogP contribution in [0.15, 0.2) is 18.2 Å². The first-order valence-electron chi connectivity index (χ1n) is 9.15.